The van der Waals surface area contributed by atoms with Gasteiger partial charge in [-0.25, -0.2) is 0 Å². The van der Waals surface area contributed by atoms with Crippen molar-refractivity contribution in [2.24, 2.45) is 0 Å². The monoisotopic (exact) mass is 287 g/mol. The van der Waals surface area contributed by atoms with Gasteiger partial charge in [-0.15, -0.1) is 0 Å². The van der Waals surface area contributed by atoms with Crippen molar-refractivity contribution in [1.82, 2.24) is 15.1 Å². The maximum Gasteiger partial charge on any atom is 0.236 e. The van der Waals surface area contributed by atoms with Gasteiger partial charge in [0.25, 0.3) is 0 Å². The van der Waals surface area contributed by atoms with Crippen molar-refractivity contribution >= 4 is 5.91 Å². The molecule has 1 aliphatic carbocycles. The van der Waals surface area contributed by atoms with E-state index in [-0.39, 0.29) is 5.91 Å². The molecule has 1 aromatic carbocycles. The SMILES string of the molecule is CN(C)[C@H]1CCN(C(=O)CNC2CC2c2ccccc2)C1. The second-order valence-electron chi connectivity index (χ2n) is 6.49. The highest BCUT2D eigenvalue weighted by Crippen LogP contribution is 2.40. The van der Waals surface area contributed by atoms with Gasteiger partial charge >= 0.3 is 0 Å². The number of hydrogen-bond donors (Lipinski definition) is 1. The zero-order valence-electron chi connectivity index (χ0n) is 13.0. The number of benzene rings is 1. The molecule has 1 heterocycles. The van der Waals surface area contributed by atoms with E-state index in [1.165, 1.54) is 5.56 Å². The fraction of sp³-hybridized carbons (Fsp3) is 0.588. The van der Waals surface area contributed by atoms with Crippen LogP contribution in [0.1, 0.15) is 24.3 Å². The summed E-state index contributed by atoms with van der Waals surface area (Å²) in [5.74, 6) is 0.838. The molecular weight excluding hydrogens is 262 g/mol. The number of rotatable bonds is 5. The number of nitrogens with one attached hydrogen (secondary N) is 1. The fourth-order valence-electron chi connectivity index (χ4n) is 3.21. The van der Waals surface area contributed by atoms with Crippen LogP contribution in [0.5, 0.6) is 0 Å². The lowest BCUT2D eigenvalue weighted by Crippen LogP contribution is -2.39. The zero-order chi connectivity index (χ0) is 14.8. The van der Waals surface area contributed by atoms with E-state index in [0.29, 0.717) is 24.5 Å². The Labute approximate surface area is 127 Å². The summed E-state index contributed by atoms with van der Waals surface area (Å²) in [5, 5.41) is 3.42. The molecule has 1 aromatic rings. The van der Waals surface area contributed by atoms with Gasteiger partial charge in [-0.3, -0.25) is 4.79 Å². The van der Waals surface area contributed by atoms with Crippen molar-refractivity contribution in [2.45, 2.75) is 30.8 Å². The van der Waals surface area contributed by atoms with Crippen LogP contribution in [-0.2, 0) is 4.79 Å². The summed E-state index contributed by atoms with van der Waals surface area (Å²) >= 11 is 0. The van der Waals surface area contributed by atoms with Crippen molar-refractivity contribution in [3.8, 4) is 0 Å². The quantitative estimate of drug-likeness (QED) is 0.886. The lowest BCUT2D eigenvalue weighted by molar-refractivity contribution is -0.129. The molecule has 2 fully saturated rings. The van der Waals surface area contributed by atoms with E-state index >= 15 is 0 Å². The summed E-state index contributed by atoms with van der Waals surface area (Å²) in [7, 11) is 4.18. The van der Waals surface area contributed by atoms with E-state index in [9.17, 15) is 4.79 Å². The van der Waals surface area contributed by atoms with E-state index in [1.54, 1.807) is 0 Å². The summed E-state index contributed by atoms with van der Waals surface area (Å²) in [6.07, 6.45) is 2.24. The molecule has 1 amide bonds. The minimum atomic E-state index is 0.248. The first kappa shape index (κ1) is 14.5. The van der Waals surface area contributed by atoms with Crippen LogP contribution in [0.25, 0.3) is 0 Å². The van der Waals surface area contributed by atoms with E-state index in [1.807, 2.05) is 11.0 Å². The third-order valence-corrected chi connectivity index (χ3v) is 4.78. The predicted octanol–water partition coefficient (Wildman–Crippen LogP) is 1.29. The fourth-order valence-corrected chi connectivity index (χ4v) is 3.21. The van der Waals surface area contributed by atoms with Crippen LogP contribution in [-0.4, -0.2) is 61.5 Å². The minimum Gasteiger partial charge on any atom is -0.340 e. The maximum absolute atomic E-state index is 12.2. The molecule has 114 valence electrons. The highest BCUT2D eigenvalue weighted by Gasteiger charge is 2.38. The lowest BCUT2D eigenvalue weighted by atomic mass is 10.1. The molecule has 1 N–H and O–H groups in total. The van der Waals surface area contributed by atoms with Crippen molar-refractivity contribution in [1.29, 1.82) is 0 Å². The number of likely N-dealkylation sites (N-methyl/N-ethyl adjacent to an activating group) is 1. The van der Waals surface area contributed by atoms with Gasteiger partial charge in [0.2, 0.25) is 5.91 Å². The molecule has 0 spiro atoms. The Morgan fingerprint density at radius 2 is 2.10 bits per heavy atom. The van der Waals surface area contributed by atoms with Gasteiger partial charge in [-0.05, 0) is 32.5 Å². The molecule has 1 aliphatic heterocycles. The van der Waals surface area contributed by atoms with Crippen LogP contribution in [0.3, 0.4) is 0 Å². The molecule has 0 aromatic heterocycles. The van der Waals surface area contributed by atoms with Crippen molar-refractivity contribution < 1.29 is 4.79 Å². The highest BCUT2D eigenvalue weighted by atomic mass is 16.2. The molecule has 2 aliphatic rings. The van der Waals surface area contributed by atoms with Crippen LogP contribution < -0.4 is 5.32 Å². The summed E-state index contributed by atoms with van der Waals surface area (Å²) < 4.78 is 0. The zero-order valence-corrected chi connectivity index (χ0v) is 13.0. The van der Waals surface area contributed by atoms with E-state index < -0.39 is 0 Å². The second-order valence-corrected chi connectivity index (χ2v) is 6.49. The Morgan fingerprint density at radius 1 is 1.33 bits per heavy atom. The molecular formula is C17H25N3O. The number of likely N-dealkylation sites (tertiary alicyclic amines) is 1. The number of carbonyl (C=O) groups excluding carboxylic acids is 1. The molecule has 1 saturated carbocycles. The van der Waals surface area contributed by atoms with Crippen LogP contribution in [0.4, 0.5) is 0 Å². The van der Waals surface area contributed by atoms with Gasteiger partial charge in [0.1, 0.15) is 0 Å². The number of amides is 1. The Hall–Kier alpha value is -1.39. The number of nitrogens with zero attached hydrogens (tertiary/aromatic N) is 2. The van der Waals surface area contributed by atoms with Crippen LogP contribution in [0.15, 0.2) is 30.3 Å². The first-order valence-corrected chi connectivity index (χ1v) is 7.87. The summed E-state index contributed by atoms with van der Waals surface area (Å²) in [6, 6.07) is 11.6. The molecule has 1 saturated heterocycles. The Bertz CT molecular complexity index is 488. The predicted molar refractivity (Wildman–Crippen MR) is 84.3 cm³/mol. The summed E-state index contributed by atoms with van der Waals surface area (Å²) in [5.41, 5.74) is 1.39. The van der Waals surface area contributed by atoms with E-state index in [4.69, 9.17) is 0 Å². The normalized spacial score (nSPS) is 28.1. The minimum absolute atomic E-state index is 0.248. The average Bonchev–Trinajstić information content (AvgIpc) is 3.09. The largest absolute Gasteiger partial charge is 0.340 e. The standard InChI is InChI=1S/C17H25N3O/c1-19(2)14-8-9-20(12-14)17(21)11-18-16-10-15(16)13-6-4-3-5-7-13/h3-7,14-16,18H,8-12H2,1-2H3/t14-,15?,16?/m0/s1. The average molecular weight is 287 g/mol. The van der Waals surface area contributed by atoms with Crippen molar-refractivity contribution in [2.75, 3.05) is 33.7 Å². The first-order chi connectivity index (χ1) is 10.1. The van der Waals surface area contributed by atoms with Crippen LogP contribution >= 0.6 is 0 Å². The van der Waals surface area contributed by atoms with Crippen molar-refractivity contribution in [3.05, 3.63) is 35.9 Å². The number of carbonyl (C=O) groups is 1. The molecule has 21 heavy (non-hydrogen) atoms. The topological polar surface area (TPSA) is 35.6 Å². The van der Waals surface area contributed by atoms with Crippen LogP contribution in [0.2, 0.25) is 0 Å². The molecule has 0 radical (unpaired) electrons. The molecule has 2 unspecified atom stereocenters. The van der Waals surface area contributed by atoms with Crippen LogP contribution in [0, 0.1) is 0 Å². The smallest absolute Gasteiger partial charge is 0.236 e. The summed E-state index contributed by atoms with van der Waals surface area (Å²) in [6.45, 7) is 2.25. The second kappa shape index (κ2) is 6.16. The molecule has 0 bridgehead atoms. The van der Waals surface area contributed by atoms with Gasteiger partial charge in [0.15, 0.2) is 0 Å². The first-order valence-electron chi connectivity index (χ1n) is 7.87. The molecule has 4 heteroatoms. The Balaban J connectivity index is 1.42. The van der Waals surface area contributed by atoms with Gasteiger partial charge < -0.3 is 15.1 Å². The molecule has 3 rings (SSSR count). The molecule has 4 nitrogen and oxygen atoms in total. The highest BCUT2D eigenvalue weighted by molar-refractivity contribution is 5.78. The van der Waals surface area contributed by atoms with Gasteiger partial charge in [-0.2, -0.15) is 0 Å². The van der Waals surface area contributed by atoms with Gasteiger partial charge in [-0.1, -0.05) is 30.3 Å². The van der Waals surface area contributed by atoms with E-state index in [0.717, 1.165) is 25.9 Å². The lowest BCUT2D eigenvalue weighted by Gasteiger charge is -2.20. The van der Waals surface area contributed by atoms with Gasteiger partial charge in [0.05, 0.1) is 6.54 Å². The third kappa shape index (κ3) is 3.44. The summed E-state index contributed by atoms with van der Waals surface area (Å²) in [4.78, 5) is 16.4. The van der Waals surface area contributed by atoms with E-state index in [2.05, 4.69) is 48.6 Å². The number of hydrogen-bond acceptors (Lipinski definition) is 3. The Morgan fingerprint density at radius 3 is 2.76 bits per heavy atom. The van der Waals surface area contributed by atoms with Crippen molar-refractivity contribution in [3.63, 3.8) is 0 Å². The maximum atomic E-state index is 12.2. The third-order valence-electron chi connectivity index (χ3n) is 4.78. The molecule has 3 atom stereocenters. The Kier molecular flexibility index (Phi) is 4.27. The van der Waals surface area contributed by atoms with Gasteiger partial charge in [0, 0.05) is 31.1 Å².